The standard InChI is InChI=1S/C20H20BrCl2N3O3/c1-11(2)18(25-19(27)15-6-5-14(22)9-16(15)23)20(28)26-24-10-12-8-13(21)4-7-17(12)29-3/h4-11,18H,1-3H3,(H,25,27)(H,26,28)/b24-10+. The Labute approximate surface area is 187 Å². The van der Waals surface area contributed by atoms with Crippen LogP contribution in [0.5, 0.6) is 5.75 Å². The summed E-state index contributed by atoms with van der Waals surface area (Å²) in [5.74, 6) is -0.500. The summed E-state index contributed by atoms with van der Waals surface area (Å²) >= 11 is 15.3. The van der Waals surface area contributed by atoms with Gasteiger partial charge in [-0.3, -0.25) is 9.59 Å². The van der Waals surface area contributed by atoms with Gasteiger partial charge in [0, 0.05) is 15.1 Å². The number of amides is 2. The molecule has 0 spiro atoms. The Hall–Kier alpha value is -2.09. The number of hydrogen-bond donors (Lipinski definition) is 2. The van der Waals surface area contributed by atoms with Crippen LogP contribution in [0.3, 0.4) is 0 Å². The van der Waals surface area contributed by atoms with E-state index in [0.717, 1.165) is 4.47 Å². The molecule has 0 aliphatic carbocycles. The Morgan fingerprint density at radius 1 is 1.17 bits per heavy atom. The lowest BCUT2D eigenvalue weighted by molar-refractivity contribution is -0.123. The van der Waals surface area contributed by atoms with Gasteiger partial charge in [-0.05, 0) is 42.3 Å². The Bertz CT molecular complexity index is 935. The molecule has 0 radical (unpaired) electrons. The smallest absolute Gasteiger partial charge is 0.262 e. The Balaban J connectivity index is 2.10. The highest BCUT2D eigenvalue weighted by molar-refractivity contribution is 9.10. The predicted molar refractivity (Wildman–Crippen MR) is 119 cm³/mol. The summed E-state index contributed by atoms with van der Waals surface area (Å²) in [4.78, 5) is 25.1. The van der Waals surface area contributed by atoms with Crippen LogP contribution in [0.2, 0.25) is 10.0 Å². The number of rotatable bonds is 7. The molecule has 0 saturated carbocycles. The summed E-state index contributed by atoms with van der Waals surface area (Å²) < 4.78 is 6.11. The first-order valence-corrected chi connectivity index (χ1v) is 10.2. The first-order valence-electron chi connectivity index (χ1n) is 8.65. The summed E-state index contributed by atoms with van der Waals surface area (Å²) in [6, 6.07) is 9.14. The molecule has 0 aliphatic heterocycles. The van der Waals surface area contributed by atoms with Crippen molar-refractivity contribution in [3.05, 3.63) is 62.0 Å². The van der Waals surface area contributed by atoms with Crippen molar-refractivity contribution in [1.82, 2.24) is 10.7 Å². The number of carbonyl (C=O) groups is 2. The molecule has 0 fully saturated rings. The van der Waals surface area contributed by atoms with Crippen LogP contribution in [-0.2, 0) is 4.79 Å². The fourth-order valence-corrected chi connectivity index (χ4v) is 3.34. The van der Waals surface area contributed by atoms with Crippen LogP contribution in [0.15, 0.2) is 46.0 Å². The van der Waals surface area contributed by atoms with E-state index in [1.165, 1.54) is 18.3 Å². The van der Waals surface area contributed by atoms with E-state index in [1.807, 2.05) is 19.9 Å². The highest BCUT2D eigenvalue weighted by atomic mass is 79.9. The third-order valence-corrected chi connectivity index (χ3v) is 5.02. The second kappa shape index (κ2) is 10.6. The number of ether oxygens (including phenoxy) is 1. The average molecular weight is 501 g/mol. The molecule has 0 saturated heterocycles. The summed E-state index contributed by atoms with van der Waals surface area (Å²) in [6.45, 7) is 3.63. The van der Waals surface area contributed by atoms with Gasteiger partial charge in [0.25, 0.3) is 11.8 Å². The molecule has 0 bridgehead atoms. The van der Waals surface area contributed by atoms with Crippen molar-refractivity contribution in [1.29, 1.82) is 0 Å². The van der Waals surface area contributed by atoms with E-state index in [9.17, 15) is 9.59 Å². The average Bonchev–Trinajstić information content (AvgIpc) is 2.65. The molecular weight excluding hydrogens is 481 g/mol. The Kier molecular flexibility index (Phi) is 8.49. The number of nitrogens with one attached hydrogen (secondary N) is 2. The number of hydrazone groups is 1. The summed E-state index contributed by atoms with van der Waals surface area (Å²) in [5, 5.41) is 7.30. The second-order valence-corrected chi connectivity index (χ2v) is 8.20. The molecule has 154 valence electrons. The van der Waals surface area contributed by atoms with E-state index in [4.69, 9.17) is 27.9 Å². The van der Waals surface area contributed by atoms with Crippen molar-refractivity contribution in [2.24, 2.45) is 11.0 Å². The third kappa shape index (κ3) is 6.45. The van der Waals surface area contributed by atoms with Crippen molar-refractivity contribution in [3.63, 3.8) is 0 Å². The minimum atomic E-state index is -0.809. The van der Waals surface area contributed by atoms with E-state index >= 15 is 0 Å². The van der Waals surface area contributed by atoms with Crippen LogP contribution in [0.4, 0.5) is 0 Å². The van der Waals surface area contributed by atoms with Gasteiger partial charge in [0.1, 0.15) is 11.8 Å². The van der Waals surface area contributed by atoms with Crippen molar-refractivity contribution >= 4 is 57.2 Å². The van der Waals surface area contributed by atoms with Gasteiger partial charge in [-0.15, -0.1) is 0 Å². The van der Waals surface area contributed by atoms with Gasteiger partial charge in [0.2, 0.25) is 0 Å². The fraction of sp³-hybridized carbons (Fsp3) is 0.250. The highest BCUT2D eigenvalue weighted by Gasteiger charge is 2.25. The Morgan fingerprint density at radius 2 is 1.90 bits per heavy atom. The lowest BCUT2D eigenvalue weighted by Gasteiger charge is -2.20. The number of hydrogen-bond acceptors (Lipinski definition) is 4. The first-order chi connectivity index (χ1) is 13.7. The summed E-state index contributed by atoms with van der Waals surface area (Å²) in [5.41, 5.74) is 3.37. The quantitative estimate of drug-likeness (QED) is 0.428. The maximum Gasteiger partial charge on any atom is 0.262 e. The summed E-state index contributed by atoms with van der Waals surface area (Å²) in [6.07, 6.45) is 1.47. The lowest BCUT2D eigenvalue weighted by Crippen LogP contribution is -2.48. The van der Waals surface area contributed by atoms with Crippen LogP contribution in [-0.4, -0.2) is 31.2 Å². The number of methoxy groups -OCH3 is 1. The minimum Gasteiger partial charge on any atom is -0.496 e. The zero-order valence-electron chi connectivity index (χ0n) is 16.0. The van der Waals surface area contributed by atoms with Crippen LogP contribution >= 0.6 is 39.1 Å². The highest BCUT2D eigenvalue weighted by Crippen LogP contribution is 2.22. The second-order valence-electron chi connectivity index (χ2n) is 6.44. The third-order valence-electron chi connectivity index (χ3n) is 3.98. The molecular formula is C20H20BrCl2N3O3. The maximum atomic E-state index is 12.6. The normalized spacial score (nSPS) is 12.1. The van der Waals surface area contributed by atoms with Gasteiger partial charge in [0.15, 0.2) is 0 Å². The van der Waals surface area contributed by atoms with E-state index in [2.05, 4.69) is 31.8 Å². The number of halogens is 3. The van der Waals surface area contributed by atoms with Crippen molar-refractivity contribution in [2.75, 3.05) is 7.11 Å². The number of benzene rings is 2. The molecule has 1 unspecified atom stereocenters. The SMILES string of the molecule is COc1ccc(Br)cc1/C=N/NC(=O)C(NC(=O)c1ccc(Cl)cc1Cl)C(C)C. The van der Waals surface area contributed by atoms with E-state index in [-0.39, 0.29) is 16.5 Å². The fourth-order valence-electron chi connectivity index (χ4n) is 2.47. The maximum absolute atomic E-state index is 12.6. The monoisotopic (exact) mass is 499 g/mol. The van der Waals surface area contributed by atoms with E-state index in [0.29, 0.717) is 16.3 Å². The van der Waals surface area contributed by atoms with Gasteiger partial charge < -0.3 is 10.1 Å². The van der Waals surface area contributed by atoms with Crippen LogP contribution in [0.25, 0.3) is 0 Å². The van der Waals surface area contributed by atoms with Crippen molar-refractivity contribution in [3.8, 4) is 5.75 Å². The molecule has 2 amide bonds. The van der Waals surface area contributed by atoms with Gasteiger partial charge in [-0.2, -0.15) is 5.10 Å². The van der Waals surface area contributed by atoms with Gasteiger partial charge in [-0.1, -0.05) is 53.0 Å². The van der Waals surface area contributed by atoms with Crippen LogP contribution in [0.1, 0.15) is 29.8 Å². The molecule has 6 nitrogen and oxygen atoms in total. The molecule has 0 aliphatic rings. The topological polar surface area (TPSA) is 79.8 Å². The van der Waals surface area contributed by atoms with Gasteiger partial charge >= 0.3 is 0 Å². The lowest BCUT2D eigenvalue weighted by atomic mass is 10.0. The Morgan fingerprint density at radius 3 is 2.52 bits per heavy atom. The largest absolute Gasteiger partial charge is 0.496 e. The molecule has 2 rings (SSSR count). The number of carbonyl (C=O) groups excluding carboxylic acids is 2. The first kappa shape index (κ1) is 23.2. The van der Waals surface area contributed by atoms with Gasteiger partial charge in [0.05, 0.1) is 23.9 Å². The van der Waals surface area contributed by atoms with E-state index in [1.54, 1.807) is 25.3 Å². The number of nitrogens with zero attached hydrogens (tertiary/aromatic N) is 1. The molecule has 2 N–H and O–H groups in total. The molecule has 1 atom stereocenters. The van der Waals surface area contributed by atoms with Crippen LogP contribution < -0.4 is 15.5 Å². The molecule has 2 aromatic carbocycles. The zero-order chi connectivity index (χ0) is 21.6. The zero-order valence-corrected chi connectivity index (χ0v) is 19.1. The molecule has 2 aromatic rings. The minimum absolute atomic E-state index is 0.180. The van der Waals surface area contributed by atoms with Crippen LogP contribution in [0, 0.1) is 5.92 Å². The predicted octanol–water partition coefficient (Wildman–Crippen LogP) is 4.67. The van der Waals surface area contributed by atoms with Crippen molar-refractivity contribution in [2.45, 2.75) is 19.9 Å². The summed E-state index contributed by atoms with van der Waals surface area (Å²) in [7, 11) is 1.55. The van der Waals surface area contributed by atoms with Crippen molar-refractivity contribution < 1.29 is 14.3 Å². The van der Waals surface area contributed by atoms with Gasteiger partial charge in [-0.25, -0.2) is 5.43 Å². The molecule has 9 heteroatoms. The molecule has 0 heterocycles. The molecule has 0 aromatic heterocycles. The molecule has 29 heavy (non-hydrogen) atoms. The van der Waals surface area contributed by atoms with E-state index < -0.39 is 17.9 Å².